The van der Waals surface area contributed by atoms with E-state index >= 15 is 0 Å². The third-order valence-electron chi connectivity index (χ3n) is 5.12. The molecule has 2 aromatic carbocycles. The Morgan fingerprint density at radius 2 is 1.84 bits per heavy atom. The van der Waals surface area contributed by atoms with Crippen molar-refractivity contribution in [3.8, 4) is 5.75 Å². The lowest BCUT2D eigenvalue weighted by molar-refractivity contribution is -0.118. The summed E-state index contributed by atoms with van der Waals surface area (Å²) in [6, 6.07) is 13.6. The second kappa shape index (κ2) is 12.4. The van der Waals surface area contributed by atoms with Gasteiger partial charge in [-0.3, -0.25) is 9.69 Å². The fourth-order valence-electron chi connectivity index (χ4n) is 3.29. The molecule has 1 aromatic heterocycles. The number of thiazole rings is 1. The predicted octanol–water partition coefficient (Wildman–Crippen LogP) is 6.21. The number of amides is 1. The highest BCUT2D eigenvalue weighted by Gasteiger charge is 2.20. The standard InChI is InChI=1S/C24H30ClN3O2S2/c1-4-27(5-2)14-15-28(23(29)13-16-31-20-10-7-18(25)8-11-20)24-26-21-12-9-19(30-6-3)17-22(21)32-24/h7-12,17H,4-6,13-16H2,1-3H3. The van der Waals surface area contributed by atoms with Gasteiger partial charge in [-0.15, -0.1) is 11.8 Å². The minimum atomic E-state index is 0.0997. The summed E-state index contributed by atoms with van der Waals surface area (Å²) >= 11 is 9.17. The summed E-state index contributed by atoms with van der Waals surface area (Å²) in [6.07, 6.45) is 0.450. The third kappa shape index (κ3) is 6.85. The average Bonchev–Trinajstić information content (AvgIpc) is 3.21. The molecule has 0 bridgehead atoms. The number of thioether (sulfide) groups is 1. The number of hydrogen-bond donors (Lipinski definition) is 0. The lowest BCUT2D eigenvalue weighted by Gasteiger charge is -2.24. The van der Waals surface area contributed by atoms with E-state index in [0.29, 0.717) is 25.3 Å². The molecule has 3 aromatic rings. The maximum Gasteiger partial charge on any atom is 0.229 e. The first-order valence-electron chi connectivity index (χ1n) is 11.0. The summed E-state index contributed by atoms with van der Waals surface area (Å²) in [5, 5.41) is 1.47. The number of rotatable bonds is 12. The van der Waals surface area contributed by atoms with Gasteiger partial charge in [0.25, 0.3) is 0 Å². The van der Waals surface area contributed by atoms with Gasteiger partial charge in [0.2, 0.25) is 5.91 Å². The smallest absolute Gasteiger partial charge is 0.229 e. The van der Waals surface area contributed by atoms with E-state index in [1.165, 1.54) is 0 Å². The molecule has 1 heterocycles. The van der Waals surface area contributed by atoms with Crippen molar-refractivity contribution >= 4 is 56.0 Å². The third-order valence-corrected chi connectivity index (χ3v) is 7.43. The van der Waals surface area contributed by atoms with Crippen molar-refractivity contribution in [2.75, 3.05) is 43.4 Å². The molecule has 0 aliphatic heterocycles. The number of halogens is 1. The number of carbonyl (C=O) groups excluding carboxylic acids is 1. The molecule has 8 heteroatoms. The van der Waals surface area contributed by atoms with E-state index in [2.05, 4.69) is 18.7 Å². The number of aromatic nitrogens is 1. The molecule has 0 saturated heterocycles. The van der Waals surface area contributed by atoms with Crippen LogP contribution in [-0.4, -0.2) is 54.3 Å². The first kappa shape index (κ1) is 24.8. The SMILES string of the molecule is CCOc1ccc2nc(N(CCN(CC)CC)C(=O)CCSc3ccc(Cl)cc3)sc2c1. The monoisotopic (exact) mass is 491 g/mol. The quantitative estimate of drug-likeness (QED) is 0.282. The molecule has 0 atom stereocenters. The fourth-order valence-corrected chi connectivity index (χ4v) is 5.30. The molecule has 3 rings (SSSR count). The van der Waals surface area contributed by atoms with Gasteiger partial charge in [-0.25, -0.2) is 4.98 Å². The van der Waals surface area contributed by atoms with Crippen LogP contribution in [0.4, 0.5) is 5.13 Å². The number of benzene rings is 2. The molecule has 0 spiro atoms. The van der Waals surface area contributed by atoms with Crippen LogP contribution in [-0.2, 0) is 4.79 Å². The van der Waals surface area contributed by atoms with Crippen molar-refractivity contribution in [2.24, 2.45) is 0 Å². The van der Waals surface area contributed by atoms with Crippen LogP contribution in [0.3, 0.4) is 0 Å². The summed E-state index contributed by atoms with van der Waals surface area (Å²) in [4.78, 5) is 23.3. The Morgan fingerprint density at radius 3 is 2.53 bits per heavy atom. The number of likely N-dealkylation sites (N-methyl/N-ethyl adjacent to an activating group) is 1. The van der Waals surface area contributed by atoms with Gasteiger partial charge in [-0.05, 0) is 62.5 Å². The highest BCUT2D eigenvalue weighted by atomic mass is 35.5. The second-order valence-corrected chi connectivity index (χ2v) is 9.80. The highest BCUT2D eigenvalue weighted by molar-refractivity contribution is 7.99. The van der Waals surface area contributed by atoms with Gasteiger partial charge in [-0.1, -0.05) is 36.8 Å². The van der Waals surface area contributed by atoms with Crippen LogP contribution in [0.15, 0.2) is 47.4 Å². The zero-order valence-corrected chi connectivity index (χ0v) is 21.2. The first-order chi connectivity index (χ1) is 15.5. The largest absolute Gasteiger partial charge is 0.494 e. The maximum absolute atomic E-state index is 13.2. The van der Waals surface area contributed by atoms with Crippen LogP contribution in [0.2, 0.25) is 5.02 Å². The van der Waals surface area contributed by atoms with Gasteiger partial charge >= 0.3 is 0 Å². The van der Waals surface area contributed by atoms with Gasteiger partial charge in [0.05, 0.1) is 16.8 Å². The van der Waals surface area contributed by atoms with Gasteiger partial charge in [0.1, 0.15) is 5.75 Å². The Kier molecular flexibility index (Phi) is 9.66. The topological polar surface area (TPSA) is 45.7 Å². The van der Waals surface area contributed by atoms with E-state index in [-0.39, 0.29) is 5.91 Å². The van der Waals surface area contributed by atoms with Crippen molar-refractivity contribution in [1.82, 2.24) is 9.88 Å². The summed E-state index contributed by atoms with van der Waals surface area (Å²) in [5.74, 6) is 1.64. The number of hydrogen-bond acceptors (Lipinski definition) is 6. The van der Waals surface area contributed by atoms with E-state index in [1.807, 2.05) is 54.3 Å². The molecular formula is C24H30ClN3O2S2. The summed E-state index contributed by atoms with van der Waals surface area (Å²) in [5.41, 5.74) is 0.893. The average molecular weight is 492 g/mol. The van der Waals surface area contributed by atoms with Crippen molar-refractivity contribution < 1.29 is 9.53 Å². The van der Waals surface area contributed by atoms with E-state index in [4.69, 9.17) is 21.3 Å². The van der Waals surface area contributed by atoms with Crippen molar-refractivity contribution in [3.63, 3.8) is 0 Å². The van der Waals surface area contributed by atoms with Crippen LogP contribution < -0.4 is 9.64 Å². The molecule has 0 aliphatic rings. The molecule has 0 unspecified atom stereocenters. The molecule has 5 nitrogen and oxygen atoms in total. The minimum absolute atomic E-state index is 0.0997. The van der Waals surface area contributed by atoms with Gasteiger partial charge < -0.3 is 9.64 Å². The number of carbonyl (C=O) groups is 1. The summed E-state index contributed by atoms with van der Waals surface area (Å²) in [6.45, 7) is 10.3. The lowest BCUT2D eigenvalue weighted by atomic mass is 10.3. The van der Waals surface area contributed by atoms with Crippen LogP contribution in [0, 0.1) is 0 Å². The minimum Gasteiger partial charge on any atom is -0.494 e. The van der Waals surface area contributed by atoms with E-state index in [9.17, 15) is 4.79 Å². The molecule has 0 aliphatic carbocycles. The van der Waals surface area contributed by atoms with E-state index < -0.39 is 0 Å². The van der Waals surface area contributed by atoms with Gasteiger partial charge in [-0.2, -0.15) is 0 Å². The first-order valence-corrected chi connectivity index (χ1v) is 13.2. The molecule has 0 saturated carbocycles. The number of anilines is 1. The number of ether oxygens (including phenoxy) is 1. The Bertz CT molecular complexity index is 1010. The summed E-state index contributed by atoms with van der Waals surface area (Å²) < 4.78 is 6.65. The molecule has 172 valence electrons. The van der Waals surface area contributed by atoms with Crippen molar-refractivity contribution in [2.45, 2.75) is 32.1 Å². The maximum atomic E-state index is 13.2. The van der Waals surface area contributed by atoms with Crippen LogP contribution in [0.1, 0.15) is 27.2 Å². The second-order valence-electron chi connectivity index (χ2n) is 7.18. The summed E-state index contributed by atoms with van der Waals surface area (Å²) in [7, 11) is 0. The Hall–Kier alpha value is -1.80. The zero-order chi connectivity index (χ0) is 22.9. The van der Waals surface area contributed by atoms with Crippen molar-refractivity contribution in [3.05, 3.63) is 47.5 Å². The fraction of sp³-hybridized carbons (Fsp3) is 0.417. The Balaban J connectivity index is 1.73. The highest BCUT2D eigenvalue weighted by Crippen LogP contribution is 2.32. The van der Waals surface area contributed by atoms with E-state index in [0.717, 1.165) is 50.7 Å². The van der Waals surface area contributed by atoms with Crippen LogP contribution in [0.5, 0.6) is 5.75 Å². The predicted molar refractivity (Wildman–Crippen MR) is 138 cm³/mol. The molecule has 0 radical (unpaired) electrons. The lowest BCUT2D eigenvalue weighted by Crippen LogP contribution is -2.39. The van der Waals surface area contributed by atoms with Crippen LogP contribution in [0.25, 0.3) is 10.2 Å². The Labute approximate surface area is 203 Å². The van der Waals surface area contributed by atoms with Crippen molar-refractivity contribution in [1.29, 1.82) is 0 Å². The molecular weight excluding hydrogens is 462 g/mol. The molecule has 32 heavy (non-hydrogen) atoms. The van der Waals surface area contributed by atoms with Gasteiger partial charge in [0, 0.05) is 35.2 Å². The number of fused-ring (bicyclic) bond motifs is 1. The van der Waals surface area contributed by atoms with Gasteiger partial charge in [0.15, 0.2) is 5.13 Å². The van der Waals surface area contributed by atoms with Crippen LogP contribution >= 0.6 is 34.7 Å². The van der Waals surface area contributed by atoms with E-state index in [1.54, 1.807) is 23.1 Å². The molecule has 0 N–H and O–H groups in total. The zero-order valence-electron chi connectivity index (χ0n) is 18.8. The molecule has 0 fully saturated rings. The Morgan fingerprint density at radius 1 is 1.09 bits per heavy atom. The molecule has 1 amide bonds. The number of nitrogens with zero attached hydrogens (tertiary/aromatic N) is 3. The normalized spacial score (nSPS) is 11.3.